The largest absolute Gasteiger partial charge is 0.493 e. The van der Waals surface area contributed by atoms with Gasteiger partial charge in [0, 0.05) is 17.7 Å². The first kappa shape index (κ1) is 15.1. The lowest BCUT2D eigenvalue weighted by atomic mass is 10.2. The van der Waals surface area contributed by atoms with Gasteiger partial charge in [0.15, 0.2) is 5.79 Å². The quantitative estimate of drug-likeness (QED) is 0.511. The highest BCUT2D eigenvalue weighted by molar-refractivity contribution is 5.31. The molecule has 5 heteroatoms. The normalized spacial score (nSPS) is 21.1. The van der Waals surface area contributed by atoms with Gasteiger partial charge in [-0.25, -0.2) is 0 Å². The maximum Gasteiger partial charge on any atom is 0.237 e. The first-order valence-electron chi connectivity index (χ1n) is 7.05. The van der Waals surface area contributed by atoms with Gasteiger partial charge < -0.3 is 14.2 Å². The number of hydrogen-bond acceptors (Lipinski definition) is 4. The highest BCUT2D eigenvalue weighted by Gasteiger charge is 2.32. The Labute approximate surface area is 120 Å². The monoisotopic (exact) mass is 282 g/mol. The van der Waals surface area contributed by atoms with E-state index in [1.54, 1.807) is 12.3 Å². The van der Waals surface area contributed by atoms with Crippen LogP contribution in [0.2, 0.25) is 0 Å². The SMILES string of the molecule is Cc1c(OCCCC2COC(C)(C)O2)cc[n+](O)c1C. The summed E-state index contributed by atoms with van der Waals surface area (Å²) in [5.74, 6) is 0.365. The molecule has 0 radical (unpaired) electrons. The number of ether oxygens (including phenoxy) is 3. The van der Waals surface area contributed by atoms with Crippen LogP contribution in [-0.2, 0) is 9.47 Å². The third-order valence-electron chi connectivity index (χ3n) is 3.62. The minimum Gasteiger partial charge on any atom is -0.493 e. The van der Waals surface area contributed by atoms with Crippen molar-refractivity contribution in [3.05, 3.63) is 23.5 Å². The zero-order valence-corrected chi connectivity index (χ0v) is 12.7. The Morgan fingerprint density at radius 2 is 2.20 bits per heavy atom. The van der Waals surface area contributed by atoms with Crippen molar-refractivity contribution in [3.63, 3.8) is 0 Å². The number of pyridine rings is 1. The summed E-state index contributed by atoms with van der Waals surface area (Å²) in [5.41, 5.74) is 1.74. The molecular weight excluding hydrogens is 258 g/mol. The van der Waals surface area contributed by atoms with E-state index in [2.05, 4.69) is 0 Å². The van der Waals surface area contributed by atoms with Gasteiger partial charge in [-0.2, -0.15) is 0 Å². The molecule has 1 N–H and O–H groups in total. The minimum atomic E-state index is -0.451. The van der Waals surface area contributed by atoms with Gasteiger partial charge >= 0.3 is 0 Å². The Bertz CT molecular complexity index is 473. The summed E-state index contributed by atoms with van der Waals surface area (Å²) < 4.78 is 18.1. The molecule has 1 unspecified atom stereocenters. The van der Waals surface area contributed by atoms with Crippen molar-refractivity contribution in [1.82, 2.24) is 0 Å². The fraction of sp³-hybridized carbons (Fsp3) is 0.667. The third kappa shape index (κ3) is 3.61. The molecule has 1 aliphatic heterocycles. The lowest BCUT2D eigenvalue weighted by Gasteiger charge is -2.17. The summed E-state index contributed by atoms with van der Waals surface area (Å²) >= 11 is 0. The molecule has 0 bridgehead atoms. The van der Waals surface area contributed by atoms with Crippen LogP contribution in [0.4, 0.5) is 0 Å². The van der Waals surface area contributed by atoms with E-state index in [0.717, 1.165) is 34.6 Å². The molecule has 0 amide bonds. The van der Waals surface area contributed by atoms with Crippen LogP contribution in [0, 0.1) is 13.8 Å². The molecule has 0 spiro atoms. The molecule has 112 valence electrons. The zero-order valence-electron chi connectivity index (χ0n) is 12.7. The van der Waals surface area contributed by atoms with Crippen LogP contribution < -0.4 is 9.47 Å². The van der Waals surface area contributed by atoms with Crippen LogP contribution in [0.3, 0.4) is 0 Å². The van der Waals surface area contributed by atoms with Crippen LogP contribution in [0.1, 0.15) is 37.9 Å². The molecule has 2 rings (SSSR count). The van der Waals surface area contributed by atoms with E-state index >= 15 is 0 Å². The van der Waals surface area contributed by atoms with E-state index < -0.39 is 5.79 Å². The van der Waals surface area contributed by atoms with Crippen LogP contribution in [0.5, 0.6) is 5.75 Å². The molecule has 2 heterocycles. The summed E-state index contributed by atoms with van der Waals surface area (Å²) in [6.45, 7) is 8.95. The number of rotatable bonds is 5. The van der Waals surface area contributed by atoms with Crippen LogP contribution in [-0.4, -0.2) is 30.3 Å². The Balaban J connectivity index is 1.76. The van der Waals surface area contributed by atoms with Crippen molar-refractivity contribution in [2.24, 2.45) is 0 Å². The summed E-state index contributed by atoms with van der Waals surface area (Å²) in [6.07, 6.45) is 3.59. The number of aromatic nitrogens is 1. The zero-order chi connectivity index (χ0) is 14.8. The second-order valence-corrected chi connectivity index (χ2v) is 5.68. The lowest BCUT2D eigenvalue weighted by molar-refractivity contribution is -0.909. The second-order valence-electron chi connectivity index (χ2n) is 5.68. The standard InChI is InChI=1S/C15H24NO4/c1-11-12(2)16(17)8-7-14(11)18-9-5-6-13-10-19-15(3,4)20-13/h7-8,13,17H,5-6,9-10H2,1-4H3/q+1. The molecule has 0 saturated carbocycles. The molecule has 20 heavy (non-hydrogen) atoms. The van der Waals surface area contributed by atoms with Gasteiger partial charge in [-0.1, -0.05) is 0 Å². The molecule has 1 atom stereocenters. The Kier molecular flexibility index (Phi) is 4.50. The van der Waals surface area contributed by atoms with E-state index in [0.29, 0.717) is 13.2 Å². The molecule has 1 aromatic heterocycles. The van der Waals surface area contributed by atoms with Gasteiger partial charge in [0.05, 0.1) is 24.9 Å². The third-order valence-corrected chi connectivity index (χ3v) is 3.62. The first-order chi connectivity index (χ1) is 9.39. The van der Waals surface area contributed by atoms with Crippen molar-refractivity contribution in [1.29, 1.82) is 0 Å². The van der Waals surface area contributed by atoms with Crippen molar-refractivity contribution >= 4 is 0 Å². The van der Waals surface area contributed by atoms with E-state index in [1.165, 1.54) is 0 Å². The number of hydrogen-bond donors (Lipinski definition) is 1. The van der Waals surface area contributed by atoms with Crippen molar-refractivity contribution in [2.75, 3.05) is 13.2 Å². The van der Waals surface area contributed by atoms with Gasteiger partial charge in [-0.3, -0.25) is 5.21 Å². The van der Waals surface area contributed by atoms with Gasteiger partial charge in [-0.05, 0) is 33.6 Å². The van der Waals surface area contributed by atoms with Crippen LogP contribution in [0.25, 0.3) is 0 Å². The number of nitrogens with zero attached hydrogens (tertiary/aromatic N) is 1. The molecule has 0 aromatic carbocycles. The predicted octanol–water partition coefficient (Wildman–Crippen LogP) is 2.14. The smallest absolute Gasteiger partial charge is 0.237 e. The van der Waals surface area contributed by atoms with Crippen LogP contribution >= 0.6 is 0 Å². The molecule has 1 aliphatic rings. The first-order valence-corrected chi connectivity index (χ1v) is 7.05. The van der Waals surface area contributed by atoms with Gasteiger partial charge in [0.25, 0.3) is 0 Å². The second kappa shape index (κ2) is 5.97. The average molecular weight is 282 g/mol. The Hall–Kier alpha value is -1.33. The highest BCUT2D eigenvalue weighted by atomic mass is 16.7. The summed E-state index contributed by atoms with van der Waals surface area (Å²) in [7, 11) is 0. The maximum absolute atomic E-state index is 9.52. The van der Waals surface area contributed by atoms with Gasteiger partial charge in [0.2, 0.25) is 11.9 Å². The maximum atomic E-state index is 9.52. The molecule has 5 nitrogen and oxygen atoms in total. The van der Waals surface area contributed by atoms with E-state index in [-0.39, 0.29) is 6.10 Å². The molecule has 1 aromatic rings. The summed E-state index contributed by atoms with van der Waals surface area (Å²) in [4.78, 5) is 0. The lowest BCUT2D eigenvalue weighted by Crippen LogP contribution is -2.33. The highest BCUT2D eigenvalue weighted by Crippen LogP contribution is 2.25. The van der Waals surface area contributed by atoms with E-state index in [9.17, 15) is 5.21 Å². The average Bonchev–Trinajstić information content (AvgIpc) is 2.74. The topological polar surface area (TPSA) is 51.8 Å². The van der Waals surface area contributed by atoms with Gasteiger partial charge in [0.1, 0.15) is 5.75 Å². The van der Waals surface area contributed by atoms with Crippen molar-refractivity contribution in [3.8, 4) is 5.75 Å². The fourth-order valence-corrected chi connectivity index (χ4v) is 2.28. The van der Waals surface area contributed by atoms with E-state index in [1.807, 2.05) is 27.7 Å². The summed E-state index contributed by atoms with van der Waals surface area (Å²) in [6, 6.07) is 1.78. The van der Waals surface area contributed by atoms with Gasteiger partial charge in [-0.15, -0.1) is 0 Å². The molecular formula is C15H24NO4+. The van der Waals surface area contributed by atoms with E-state index in [4.69, 9.17) is 14.2 Å². The Morgan fingerprint density at radius 1 is 1.45 bits per heavy atom. The van der Waals surface area contributed by atoms with Crippen molar-refractivity contribution < 1.29 is 24.1 Å². The predicted molar refractivity (Wildman–Crippen MR) is 72.9 cm³/mol. The fourth-order valence-electron chi connectivity index (χ4n) is 2.28. The minimum absolute atomic E-state index is 0.159. The molecule has 1 fully saturated rings. The van der Waals surface area contributed by atoms with Crippen LogP contribution in [0.15, 0.2) is 12.3 Å². The van der Waals surface area contributed by atoms with Crippen molar-refractivity contribution in [2.45, 2.75) is 52.4 Å². The molecule has 1 saturated heterocycles. The Morgan fingerprint density at radius 3 is 2.85 bits per heavy atom. The summed E-state index contributed by atoms with van der Waals surface area (Å²) in [5, 5.41) is 9.52. The molecule has 0 aliphatic carbocycles.